The Bertz CT molecular complexity index is 680. The van der Waals surface area contributed by atoms with E-state index in [0.29, 0.717) is 13.1 Å². The molecule has 2 aliphatic heterocycles. The summed E-state index contributed by atoms with van der Waals surface area (Å²) < 4.78 is 0. The summed E-state index contributed by atoms with van der Waals surface area (Å²) in [5.74, 6) is -0.527. The van der Waals surface area contributed by atoms with Crippen molar-refractivity contribution in [1.82, 2.24) is 15.5 Å². The lowest BCUT2D eigenvalue weighted by atomic mass is 10.1. The van der Waals surface area contributed by atoms with Crippen molar-refractivity contribution in [2.75, 3.05) is 31.1 Å². The van der Waals surface area contributed by atoms with E-state index in [1.807, 2.05) is 0 Å². The van der Waals surface area contributed by atoms with E-state index in [-0.39, 0.29) is 12.3 Å². The second kappa shape index (κ2) is 6.51. The number of carbonyl (C=O) groups excluding carboxylic acids is 3. The van der Waals surface area contributed by atoms with Crippen LogP contribution in [0.4, 0.5) is 10.5 Å². The number of amides is 4. The first kappa shape index (κ1) is 16.3. The molecule has 2 heterocycles. The lowest BCUT2D eigenvalue weighted by Crippen LogP contribution is -2.50. The van der Waals surface area contributed by atoms with Crippen molar-refractivity contribution < 1.29 is 14.4 Å². The number of imide groups is 1. The number of nitrogens with zero attached hydrogens (tertiary/aromatic N) is 2. The maximum atomic E-state index is 12.3. The van der Waals surface area contributed by atoms with Crippen molar-refractivity contribution in [3.63, 3.8) is 0 Å². The standard InChI is InChI=1S/C17H22N4O3/c1-11-4-3-5-14(12(11)2)20-6-8-21(9-7-20)15(22)10-13-16(23)19-17(24)18-13/h3-5,13H,6-10H2,1-2H3,(H2,18,19,23,24). The number of benzene rings is 1. The van der Waals surface area contributed by atoms with Crippen LogP contribution in [0.25, 0.3) is 0 Å². The summed E-state index contributed by atoms with van der Waals surface area (Å²) in [7, 11) is 0. The summed E-state index contributed by atoms with van der Waals surface area (Å²) in [6.07, 6.45) is 0.0149. The minimum atomic E-state index is -0.748. The number of aryl methyl sites for hydroxylation is 1. The van der Waals surface area contributed by atoms with Crippen molar-refractivity contribution in [2.45, 2.75) is 26.3 Å². The van der Waals surface area contributed by atoms with Crippen molar-refractivity contribution in [3.05, 3.63) is 29.3 Å². The van der Waals surface area contributed by atoms with E-state index in [0.717, 1.165) is 13.1 Å². The van der Waals surface area contributed by atoms with Crippen LogP contribution in [-0.4, -0.2) is 55.0 Å². The van der Waals surface area contributed by atoms with Gasteiger partial charge in [-0.25, -0.2) is 4.79 Å². The number of anilines is 1. The number of piperazine rings is 1. The highest BCUT2D eigenvalue weighted by molar-refractivity contribution is 6.05. The Morgan fingerprint density at radius 2 is 1.88 bits per heavy atom. The molecular weight excluding hydrogens is 308 g/mol. The number of urea groups is 1. The third-order valence-electron chi connectivity index (χ3n) is 4.79. The quantitative estimate of drug-likeness (QED) is 0.793. The molecule has 2 aliphatic rings. The summed E-state index contributed by atoms with van der Waals surface area (Å²) >= 11 is 0. The monoisotopic (exact) mass is 330 g/mol. The lowest BCUT2D eigenvalue weighted by molar-refractivity contribution is -0.134. The number of carbonyl (C=O) groups is 3. The molecule has 0 radical (unpaired) electrons. The molecule has 2 fully saturated rings. The SMILES string of the molecule is Cc1cccc(N2CCN(C(=O)CC3NC(=O)NC3=O)CC2)c1C. The molecule has 0 bridgehead atoms. The van der Waals surface area contributed by atoms with Gasteiger partial charge in [0.1, 0.15) is 6.04 Å². The summed E-state index contributed by atoms with van der Waals surface area (Å²) in [6, 6.07) is 4.98. The van der Waals surface area contributed by atoms with Gasteiger partial charge in [-0.2, -0.15) is 0 Å². The van der Waals surface area contributed by atoms with E-state index in [1.54, 1.807) is 4.90 Å². The van der Waals surface area contributed by atoms with Gasteiger partial charge in [-0.05, 0) is 31.0 Å². The number of nitrogens with one attached hydrogen (secondary N) is 2. The first-order valence-corrected chi connectivity index (χ1v) is 8.16. The molecule has 1 aromatic carbocycles. The Hall–Kier alpha value is -2.57. The van der Waals surface area contributed by atoms with E-state index in [2.05, 4.69) is 47.6 Å². The van der Waals surface area contributed by atoms with Crippen LogP contribution in [0.3, 0.4) is 0 Å². The second-order valence-corrected chi connectivity index (χ2v) is 6.31. The van der Waals surface area contributed by atoms with Gasteiger partial charge in [0, 0.05) is 31.9 Å². The van der Waals surface area contributed by atoms with Crippen LogP contribution < -0.4 is 15.5 Å². The van der Waals surface area contributed by atoms with Crippen LogP contribution in [0.1, 0.15) is 17.5 Å². The van der Waals surface area contributed by atoms with Crippen LogP contribution in [0.15, 0.2) is 18.2 Å². The molecule has 3 rings (SSSR count). The summed E-state index contributed by atoms with van der Waals surface area (Å²) in [4.78, 5) is 39.0. The number of hydrogen-bond donors (Lipinski definition) is 2. The molecule has 128 valence electrons. The molecule has 0 aliphatic carbocycles. The summed E-state index contributed by atoms with van der Waals surface area (Å²) in [5, 5.41) is 4.61. The molecule has 7 nitrogen and oxygen atoms in total. The molecule has 2 saturated heterocycles. The van der Waals surface area contributed by atoms with Crippen LogP contribution in [0, 0.1) is 13.8 Å². The zero-order chi connectivity index (χ0) is 17.3. The fraction of sp³-hybridized carbons (Fsp3) is 0.471. The van der Waals surface area contributed by atoms with Crippen molar-refractivity contribution in [2.24, 2.45) is 0 Å². The average molecular weight is 330 g/mol. The fourth-order valence-electron chi connectivity index (χ4n) is 3.18. The Morgan fingerprint density at radius 3 is 2.50 bits per heavy atom. The molecule has 0 saturated carbocycles. The zero-order valence-corrected chi connectivity index (χ0v) is 14.0. The predicted octanol–water partition coefficient (Wildman–Crippen LogP) is 0.550. The van der Waals surface area contributed by atoms with Crippen molar-refractivity contribution in [3.8, 4) is 0 Å². The first-order chi connectivity index (χ1) is 11.5. The van der Waals surface area contributed by atoms with Crippen LogP contribution in [0.2, 0.25) is 0 Å². The first-order valence-electron chi connectivity index (χ1n) is 8.16. The molecule has 1 aromatic rings. The van der Waals surface area contributed by atoms with Crippen molar-refractivity contribution >= 4 is 23.5 Å². The van der Waals surface area contributed by atoms with Crippen LogP contribution in [-0.2, 0) is 9.59 Å². The molecule has 2 N–H and O–H groups in total. The topological polar surface area (TPSA) is 81.8 Å². The van der Waals surface area contributed by atoms with E-state index in [4.69, 9.17) is 0 Å². The van der Waals surface area contributed by atoms with Gasteiger partial charge in [0.15, 0.2) is 0 Å². The molecule has 7 heteroatoms. The van der Waals surface area contributed by atoms with Crippen LogP contribution >= 0.6 is 0 Å². The molecule has 24 heavy (non-hydrogen) atoms. The number of rotatable bonds is 3. The molecular formula is C17H22N4O3. The van der Waals surface area contributed by atoms with Gasteiger partial charge in [-0.15, -0.1) is 0 Å². The predicted molar refractivity (Wildman–Crippen MR) is 89.8 cm³/mol. The zero-order valence-electron chi connectivity index (χ0n) is 14.0. The number of hydrogen-bond acceptors (Lipinski definition) is 4. The largest absolute Gasteiger partial charge is 0.368 e. The van der Waals surface area contributed by atoms with E-state index in [9.17, 15) is 14.4 Å². The summed E-state index contributed by atoms with van der Waals surface area (Å²) in [5.41, 5.74) is 3.74. The minimum absolute atomic E-state index is 0.0149. The molecule has 0 spiro atoms. The average Bonchev–Trinajstić information content (AvgIpc) is 2.87. The van der Waals surface area contributed by atoms with Gasteiger partial charge in [0.25, 0.3) is 5.91 Å². The lowest BCUT2D eigenvalue weighted by Gasteiger charge is -2.37. The smallest absolute Gasteiger partial charge is 0.322 e. The fourth-order valence-corrected chi connectivity index (χ4v) is 3.18. The van der Waals surface area contributed by atoms with Gasteiger partial charge in [0.2, 0.25) is 5.91 Å². The van der Waals surface area contributed by atoms with Gasteiger partial charge in [-0.1, -0.05) is 12.1 Å². The van der Waals surface area contributed by atoms with E-state index < -0.39 is 18.0 Å². The van der Waals surface area contributed by atoms with Crippen LogP contribution in [0.5, 0.6) is 0 Å². The van der Waals surface area contributed by atoms with E-state index in [1.165, 1.54) is 16.8 Å². The third kappa shape index (κ3) is 3.20. The molecule has 4 amide bonds. The van der Waals surface area contributed by atoms with Gasteiger partial charge >= 0.3 is 6.03 Å². The highest BCUT2D eigenvalue weighted by Gasteiger charge is 2.33. The van der Waals surface area contributed by atoms with Gasteiger partial charge in [-0.3, -0.25) is 14.9 Å². The minimum Gasteiger partial charge on any atom is -0.368 e. The maximum absolute atomic E-state index is 12.3. The highest BCUT2D eigenvalue weighted by atomic mass is 16.2. The Labute approximate surface area is 141 Å². The van der Waals surface area contributed by atoms with Gasteiger partial charge < -0.3 is 15.1 Å². The second-order valence-electron chi connectivity index (χ2n) is 6.31. The van der Waals surface area contributed by atoms with Gasteiger partial charge in [0.05, 0.1) is 6.42 Å². The summed E-state index contributed by atoms with van der Waals surface area (Å²) in [6.45, 7) is 6.98. The Balaban J connectivity index is 1.57. The Morgan fingerprint density at radius 1 is 1.17 bits per heavy atom. The van der Waals surface area contributed by atoms with E-state index >= 15 is 0 Å². The molecule has 0 aromatic heterocycles. The molecule has 1 unspecified atom stereocenters. The molecule has 1 atom stereocenters. The third-order valence-corrected chi connectivity index (χ3v) is 4.79. The maximum Gasteiger partial charge on any atom is 0.322 e. The highest BCUT2D eigenvalue weighted by Crippen LogP contribution is 2.24. The van der Waals surface area contributed by atoms with Crippen molar-refractivity contribution in [1.29, 1.82) is 0 Å². The normalized spacial score (nSPS) is 20.8. The Kier molecular flexibility index (Phi) is 4.42.